The zero-order valence-corrected chi connectivity index (χ0v) is 24.4. The SMILES string of the molecule is CCCCCc1cc(O)c([C@@H]2C[C@@H](C)CC[C@H]2C(C)C)c(OCCOCCOCCOCCOCCO)c1. The number of hydrogen-bond acceptors (Lipinski definition) is 7. The van der Waals surface area contributed by atoms with E-state index in [4.69, 9.17) is 28.8 Å². The summed E-state index contributed by atoms with van der Waals surface area (Å²) in [5, 5.41) is 19.9. The Morgan fingerprint density at radius 3 is 2.03 bits per heavy atom. The van der Waals surface area contributed by atoms with Crippen LogP contribution in [0.2, 0.25) is 0 Å². The summed E-state index contributed by atoms with van der Waals surface area (Å²) in [4.78, 5) is 0. The van der Waals surface area contributed by atoms with Gasteiger partial charge in [0.25, 0.3) is 0 Å². The zero-order valence-electron chi connectivity index (χ0n) is 24.4. The number of phenols is 1. The first-order valence-electron chi connectivity index (χ1n) is 14.9. The molecule has 38 heavy (non-hydrogen) atoms. The van der Waals surface area contributed by atoms with E-state index >= 15 is 0 Å². The maximum absolute atomic E-state index is 11.2. The summed E-state index contributed by atoms with van der Waals surface area (Å²) in [5.41, 5.74) is 2.15. The molecule has 220 valence electrons. The Morgan fingerprint density at radius 2 is 1.45 bits per heavy atom. The Morgan fingerprint density at radius 1 is 0.842 bits per heavy atom. The molecule has 0 amide bonds. The van der Waals surface area contributed by atoms with Crippen molar-refractivity contribution in [2.24, 2.45) is 17.8 Å². The molecule has 1 aromatic carbocycles. The van der Waals surface area contributed by atoms with E-state index in [-0.39, 0.29) is 6.61 Å². The lowest BCUT2D eigenvalue weighted by Gasteiger charge is -2.38. The third-order valence-electron chi connectivity index (χ3n) is 7.48. The molecule has 0 spiro atoms. The second-order valence-electron chi connectivity index (χ2n) is 10.9. The van der Waals surface area contributed by atoms with Crippen LogP contribution in [0.5, 0.6) is 11.5 Å². The number of unbranched alkanes of at least 4 members (excludes halogenated alkanes) is 2. The maximum atomic E-state index is 11.2. The summed E-state index contributed by atoms with van der Waals surface area (Å²) >= 11 is 0. The summed E-state index contributed by atoms with van der Waals surface area (Å²) in [7, 11) is 0. The zero-order chi connectivity index (χ0) is 27.6. The van der Waals surface area contributed by atoms with Crippen LogP contribution < -0.4 is 4.74 Å². The second kappa shape index (κ2) is 19.6. The van der Waals surface area contributed by atoms with Crippen molar-refractivity contribution in [2.75, 3.05) is 66.1 Å². The summed E-state index contributed by atoms with van der Waals surface area (Å²) in [6.45, 7) is 13.4. The predicted octanol–water partition coefficient (Wildman–Crippen LogP) is 5.74. The number of hydrogen-bond donors (Lipinski definition) is 2. The number of phenolic OH excluding ortho intramolecular Hbond substituents is 1. The molecule has 0 aliphatic heterocycles. The van der Waals surface area contributed by atoms with Crippen molar-refractivity contribution in [2.45, 2.75) is 78.6 Å². The molecule has 0 unspecified atom stereocenters. The molecule has 2 rings (SSSR count). The second-order valence-corrected chi connectivity index (χ2v) is 10.9. The third kappa shape index (κ3) is 12.2. The van der Waals surface area contributed by atoms with Crippen molar-refractivity contribution in [3.63, 3.8) is 0 Å². The number of aliphatic hydroxyl groups is 1. The highest BCUT2D eigenvalue weighted by molar-refractivity contribution is 5.50. The lowest BCUT2D eigenvalue weighted by Crippen LogP contribution is -2.26. The normalized spacial score (nSPS) is 19.8. The van der Waals surface area contributed by atoms with E-state index in [9.17, 15) is 5.11 Å². The molecule has 0 bridgehead atoms. The first kappa shape index (κ1) is 32.8. The van der Waals surface area contributed by atoms with Crippen LogP contribution in [0.15, 0.2) is 12.1 Å². The van der Waals surface area contributed by atoms with Gasteiger partial charge in [0.05, 0.1) is 59.5 Å². The fourth-order valence-corrected chi connectivity index (χ4v) is 5.45. The van der Waals surface area contributed by atoms with E-state index in [1.807, 2.05) is 6.07 Å². The molecule has 0 saturated heterocycles. The number of ether oxygens (including phenoxy) is 5. The molecule has 1 aliphatic rings. The van der Waals surface area contributed by atoms with Gasteiger partial charge >= 0.3 is 0 Å². The summed E-state index contributed by atoms with van der Waals surface area (Å²) in [5.74, 6) is 3.32. The van der Waals surface area contributed by atoms with Gasteiger partial charge in [0.15, 0.2) is 0 Å². The molecule has 7 heteroatoms. The van der Waals surface area contributed by atoms with Crippen LogP contribution in [0.3, 0.4) is 0 Å². The van der Waals surface area contributed by atoms with Crippen molar-refractivity contribution in [1.29, 1.82) is 0 Å². The number of benzene rings is 1. The van der Waals surface area contributed by atoms with E-state index < -0.39 is 0 Å². The Hall–Kier alpha value is -1.38. The highest BCUT2D eigenvalue weighted by Gasteiger charge is 2.35. The van der Waals surface area contributed by atoms with E-state index in [0.29, 0.717) is 88.9 Å². The molecule has 1 saturated carbocycles. The highest BCUT2D eigenvalue weighted by atomic mass is 16.6. The number of aromatic hydroxyl groups is 1. The lowest BCUT2D eigenvalue weighted by atomic mass is 9.67. The van der Waals surface area contributed by atoms with E-state index in [2.05, 4.69) is 33.8 Å². The van der Waals surface area contributed by atoms with Crippen molar-refractivity contribution in [3.8, 4) is 11.5 Å². The lowest BCUT2D eigenvalue weighted by molar-refractivity contribution is -0.00785. The van der Waals surface area contributed by atoms with Crippen molar-refractivity contribution >= 4 is 0 Å². The molecule has 1 aromatic rings. The smallest absolute Gasteiger partial charge is 0.126 e. The number of rotatable bonds is 21. The topological polar surface area (TPSA) is 86.6 Å². The van der Waals surface area contributed by atoms with E-state index in [1.54, 1.807) is 0 Å². The van der Waals surface area contributed by atoms with Crippen LogP contribution >= 0.6 is 0 Å². The standard InChI is InChI=1S/C31H54O7/c1-5-6-7-8-26-22-29(33)31(28-21-25(4)9-10-27(28)24(2)3)30(23-26)38-20-19-37-18-17-36-16-15-35-14-13-34-12-11-32/h22-25,27-28,32-33H,5-21H2,1-4H3/t25-,27-,28+/m0/s1. The summed E-state index contributed by atoms with van der Waals surface area (Å²) in [6.07, 6.45) is 8.00. The van der Waals surface area contributed by atoms with Gasteiger partial charge in [-0.2, -0.15) is 0 Å². The maximum Gasteiger partial charge on any atom is 0.126 e. The van der Waals surface area contributed by atoms with Crippen LogP contribution in [-0.4, -0.2) is 76.3 Å². The highest BCUT2D eigenvalue weighted by Crippen LogP contribution is 2.49. The van der Waals surface area contributed by atoms with Crippen LogP contribution in [0.1, 0.15) is 83.3 Å². The van der Waals surface area contributed by atoms with Gasteiger partial charge in [0.2, 0.25) is 0 Å². The molecule has 1 aliphatic carbocycles. The number of aryl methyl sites for hydroxylation is 1. The van der Waals surface area contributed by atoms with Gasteiger partial charge < -0.3 is 33.9 Å². The van der Waals surface area contributed by atoms with Crippen LogP contribution in [0.4, 0.5) is 0 Å². The fraction of sp³-hybridized carbons (Fsp3) is 0.806. The Labute approximate surface area is 231 Å². The van der Waals surface area contributed by atoms with Gasteiger partial charge in [0, 0.05) is 5.56 Å². The van der Waals surface area contributed by atoms with Crippen LogP contribution in [-0.2, 0) is 25.4 Å². The molecule has 0 aromatic heterocycles. The summed E-state index contributed by atoms with van der Waals surface area (Å²) in [6, 6.07) is 4.15. The van der Waals surface area contributed by atoms with Crippen LogP contribution in [0, 0.1) is 17.8 Å². The first-order chi connectivity index (χ1) is 18.5. The minimum Gasteiger partial charge on any atom is -0.508 e. The van der Waals surface area contributed by atoms with Gasteiger partial charge in [-0.05, 0) is 67.1 Å². The van der Waals surface area contributed by atoms with Gasteiger partial charge in [-0.15, -0.1) is 0 Å². The minimum atomic E-state index is 0.0294. The van der Waals surface area contributed by atoms with Gasteiger partial charge in [0.1, 0.15) is 18.1 Å². The van der Waals surface area contributed by atoms with Crippen molar-refractivity contribution in [1.82, 2.24) is 0 Å². The van der Waals surface area contributed by atoms with Crippen LogP contribution in [0.25, 0.3) is 0 Å². The van der Waals surface area contributed by atoms with Gasteiger partial charge in [-0.1, -0.05) is 47.0 Å². The van der Waals surface area contributed by atoms with Crippen molar-refractivity contribution in [3.05, 3.63) is 23.3 Å². The Bertz CT molecular complexity index is 739. The largest absolute Gasteiger partial charge is 0.508 e. The fourth-order valence-electron chi connectivity index (χ4n) is 5.45. The third-order valence-corrected chi connectivity index (χ3v) is 7.48. The van der Waals surface area contributed by atoms with Crippen molar-refractivity contribution < 1.29 is 33.9 Å². The minimum absolute atomic E-state index is 0.0294. The average molecular weight is 539 g/mol. The molecule has 0 heterocycles. The quantitative estimate of drug-likeness (QED) is 0.193. The van der Waals surface area contributed by atoms with E-state index in [1.165, 1.54) is 25.7 Å². The molecule has 2 N–H and O–H groups in total. The molecule has 7 nitrogen and oxygen atoms in total. The predicted molar refractivity (Wildman–Crippen MR) is 151 cm³/mol. The Kier molecular flexibility index (Phi) is 17.0. The molecule has 0 radical (unpaired) electrons. The van der Waals surface area contributed by atoms with Gasteiger partial charge in [-0.25, -0.2) is 0 Å². The molecule has 1 fully saturated rings. The monoisotopic (exact) mass is 538 g/mol. The molecular formula is C31H54O7. The first-order valence-corrected chi connectivity index (χ1v) is 14.9. The average Bonchev–Trinajstić information content (AvgIpc) is 2.88. The van der Waals surface area contributed by atoms with E-state index in [0.717, 1.165) is 36.1 Å². The Balaban J connectivity index is 1.85. The summed E-state index contributed by atoms with van der Waals surface area (Å²) < 4.78 is 28.1. The van der Waals surface area contributed by atoms with Gasteiger partial charge in [-0.3, -0.25) is 0 Å². The number of aliphatic hydroxyl groups excluding tert-OH is 1. The molecular weight excluding hydrogens is 484 g/mol. The molecule has 3 atom stereocenters.